The second kappa shape index (κ2) is 11.3. The van der Waals surface area contributed by atoms with Gasteiger partial charge in [0.15, 0.2) is 0 Å². The van der Waals surface area contributed by atoms with Gasteiger partial charge in [0.25, 0.3) is 0 Å². The summed E-state index contributed by atoms with van der Waals surface area (Å²) in [7, 11) is 0. The number of carbonyl (C=O) groups excluding carboxylic acids is 1. The lowest BCUT2D eigenvalue weighted by Crippen LogP contribution is -2.07. The summed E-state index contributed by atoms with van der Waals surface area (Å²) in [5.41, 5.74) is 2.95. The first-order valence-electron chi connectivity index (χ1n) is 10.7. The zero-order valence-electron chi connectivity index (χ0n) is 18.1. The van der Waals surface area contributed by atoms with E-state index in [0.29, 0.717) is 26.2 Å². The second-order valence-electron chi connectivity index (χ2n) is 7.39. The Morgan fingerprint density at radius 2 is 1.84 bits per heavy atom. The van der Waals surface area contributed by atoms with Crippen LogP contribution in [0.2, 0.25) is 0 Å². The van der Waals surface area contributed by atoms with Gasteiger partial charge in [-0.1, -0.05) is 18.2 Å². The molecule has 164 valence electrons. The van der Waals surface area contributed by atoms with Crippen molar-refractivity contribution in [1.29, 1.82) is 0 Å². The lowest BCUT2D eigenvalue weighted by Gasteiger charge is -2.15. The van der Waals surface area contributed by atoms with Gasteiger partial charge < -0.3 is 14.0 Å². The number of hydrogen-bond donors (Lipinski definition) is 0. The fourth-order valence-electron chi connectivity index (χ4n) is 3.40. The van der Waals surface area contributed by atoms with E-state index in [4.69, 9.17) is 9.47 Å². The first-order valence-corrected chi connectivity index (χ1v) is 10.7. The summed E-state index contributed by atoms with van der Waals surface area (Å²) in [4.78, 5) is 15.9. The largest absolute Gasteiger partial charge is 0.493 e. The molecule has 0 spiro atoms. The normalized spacial score (nSPS) is 10.8. The number of esters is 1. The number of nitrogens with zero attached hydrogens (tertiary/aromatic N) is 2. The zero-order valence-corrected chi connectivity index (χ0v) is 18.1. The van der Waals surface area contributed by atoms with Crippen LogP contribution in [0.1, 0.15) is 43.9 Å². The summed E-state index contributed by atoms with van der Waals surface area (Å²) < 4.78 is 26.4. The minimum Gasteiger partial charge on any atom is -0.493 e. The van der Waals surface area contributed by atoms with Gasteiger partial charge in [-0.15, -0.1) is 0 Å². The fraction of sp³-hybridized carbons (Fsp3) is 0.360. The van der Waals surface area contributed by atoms with Crippen molar-refractivity contribution in [1.82, 2.24) is 9.55 Å². The van der Waals surface area contributed by atoms with Gasteiger partial charge in [0.1, 0.15) is 17.4 Å². The highest BCUT2D eigenvalue weighted by Crippen LogP contribution is 2.25. The molecule has 0 atom stereocenters. The van der Waals surface area contributed by atoms with Crippen LogP contribution in [0.15, 0.2) is 54.7 Å². The molecule has 0 aliphatic carbocycles. The van der Waals surface area contributed by atoms with Crippen LogP contribution in [-0.2, 0) is 16.1 Å². The van der Waals surface area contributed by atoms with Crippen LogP contribution in [0.4, 0.5) is 4.39 Å². The number of hydrogen-bond acceptors (Lipinski definition) is 4. The van der Waals surface area contributed by atoms with Crippen molar-refractivity contribution < 1.29 is 18.7 Å². The van der Waals surface area contributed by atoms with E-state index >= 15 is 0 Å². The number of imidazole rings is 1. The van der Waals surface area contributed by atoms with E-state index in [2.05, 4.69) is 9.55 Å². The number of halogens is 1. The van der Waals surface area contributed by atoms with Gasteiger partial charge in [-0.05, 0) is 63.4 Å². The summed E-state index contributed by atoms with van der Waals surface area (Å²) in [6.07, 6.45) is 4.87. The summed E-state index contributed by atoms with van der Waals surface area (Å²) in [6, 6.07) is 14.3. The molecule has 0 bridgehead atoms. The Labute approximate surface area is 182 Å². The van der Waals surface area contributed by atoms with Crippen LogP contribution in [0, 0.1) is 12.7 Å². The first kappa shape index (κ1) is 22.5. The van der Waals surface area contributed by atoms with E-state index in [9.17, 15) is 9.18 Å². The Bertz CT molecular complexity index is 983. The quantitative estimate of drug-likeness (QED) is 0.299. The third-order valence-corrected chi connectivity index (χ3v) is 5.05. The average Bonchev–Trinajstić information content (AvgIpc) is 3.12. The van der Waals surface area contributed by atoms with E-state index in [1.165, 1.54) is 12.1 Å². The zero-order chi connectivity index (χ0) is 22.1. The molecule has 31 heavy (non-hydrogen) atoms. The van der Waals surface area contributed by atoms with Crippen LogP contribution < -0.4 is 4.74 Å². The fourth-order valence-corrected chi connectivity index (χ4v) is 3.40. The predicted octanol–water partition coefficient (Wildman–Crippen LogP) is 5.55. The van der Waals surface area contributed by atoms with Crippen molar-refractivity contribution >= 4 is 5.97 Å². The van der Waals surface area contributed by atoms with E-state index < -0.39 is 0 Å². The maximum absolute atomic E-state index is 13.3. The van der Waals surface area contributed by atoms with Gasteiger partial charge in [0.2, 0.25) is 0 Å². The molecule has 3 rings (SSSR count). The molecule has 0 radical (unpaired) electrons. The summed E-state index contributed by atoms with van der Waals surface area (Å²) in [5, 5.41) is 0. The lowest BCUT2D eigenvalue weighted by atomic mass is 10.1. The summed E-state index contributed by atoms with van der Waals surface area (Å²) in [5.74, 6) is 1.23. The van der Waals surface area contributed by atoms with Crippen LogP contribution in [-0.4, -0.2) is 28.7 Å². The number of aromatic nitrogens is 2. The molecular formula is C25H29FN2O3. The number of carbonyl (C=O) groups is 1. The Morgan fingerprint density at radius 3 is 2.61 bits per heavy atom. The molecule has 5 nitrogen and oxygen atoms in total. The first-order chi connectivity index (χ1) is 15.1. The van der Waals surface area contributed by atoms with Crippen LogP contribution >= 0.6 is 0 Å². The molecule has 1 aromatic heterocycles. The Kier molecular flexibility index (Phi) is 8.21. The topological polar surface area (TPSA) is 53.4 Å². The molecule has 1 heterocycles. The van der Waals surface area contributed by atoms with Crippen LogP contribution in [0.3, 0.4) is 0 Å². The van der Waals surface area contributed by atoms with Gasteiger partial charge in [0.05, 0.1) is 19.8 Å². The molecule has 0 aliphatic rings. The summed E-state index contributed by atoms with van der Waals surface area (Å²) in [6.45, 7) is 5.45. The predicted molar refractivity (Wildman–Crippen MR) is 118 cm³/mol. The smallest absolute Gasteiger partial charge is 0.305 e. The molecule has 3 aromatic rings. The SMILES string of the molecule is CCOC(=O)CCCCCOc1ccccc1Cn1c(C)cnc1-c1ccc(F)cc1. The van der Waals surface area contributed by atoms with Crippen molar-refractivity contribution in [3.8, 4) is 17.1 Å². The number of ether oxygens (including phenoxy) is 2. The van der Waals surface area contributed by atoms with E-state index in [1.807, 2.05) is 44.3 Å². The van der Waals surface area contributed by atoms with Gasteiger partial charge in [-0.25, -0.2) is 9.37 Å². The highest BCUT2D eigenvalue weighted by Gasteiger charge is 2.12. The molecule has 0 aliphatic heterocycles. The van der Waals surface area contributed by atoms with E-state index in [1.54, 1.807) is 12.1 Å². The van der Waals surface area contributed by atoms with Crippen molar-refractivity contribution in [2.24, 2.45) is 0 Å². The Morgan fingerprint density at radius 1 is 1.06 bits per heavy atom. The standard InChI is InChI=1S/C25H29FN2O3/c1-3-30-24(29)11-5-4-8-16-31-23-10-7-6-9-21(23)18-28-19(2)17-27-25(28)20-12-14-22(26)15-13-20/h6-7,9-10,12-15,17H,3-5,8,11,16,18H2,1-2H3. The molecule has 0 saturated carbocycles. The minimum atomic E-state index is -0.264. The van der Waals surface area contributed by atoms with Crippen molar-refractivity contribution in [3.63, 3.8) is 0 Å². The third-order valence-electron chi connectivity index (χ3n) is 5.05. The second-order valence-corrected chi connectivity index (χ2v) is 7.39. The number of benzene rings is 2. The summed E-state index contributed by atoms with van der Waals surface area (Å²) >= 11 is 0. The number of para-hydroxylation sites is 1. The van der Waals surface area contributed by atoms with Crippen LogP contribution in [0.5, 0.6) is 5.75 Å². The lowest BCUT2D eigenvalue weighted by molar-refractivity contribution is -0.143. The molecule has 0 amide bonds. The van der Waals surface area contributed by atoms with Gasteiger partial charge >= 0.3 is 5.97 Å². The molecule has 6 heteroatoms. The molecule has 0 saturated heterocycles. The van der Waals surface area contributed by atoms with E-state index in [-0.39, 0.29) is 11.8 Å². The average molecular weight is 425 g/mol. The van der Waals surface area contributed by atoms with Crippen molar-refractivity contribution in [2.45, 2.75) is 46.1 Å². The minimum absolute atomic E-state index is 0.138. The Balaban J connectivity index is 1.61. The van der Waals surface area contributed by atoms with Gasteiger partial charge in [-0.3, -0.25) is 4.79 Å². The maximum atomic E-state index is 13.3. The maximum Gasteiger partial charge on any atom is 0.305 e. The van der Waals surface area contributed by atoms with Crippen molar-refractivity contribution in [2.75, 3.05) is 13.2 Å². The molecule has 0 fully saturated rings. The number of aryl methyl sites for hydroxylation is 1. The number of rotatable bonds is 11. The van der Waals surface area contributed by atoms with Crippen LogP contribution in [0.25, 0.3) is 11.4 Å². The highest BCUT2D eigenvalue weighted by molar-refractivity contribution is 5.69. The molecule has 0 unspecified atom stereocenters. The van der Waals surface area contributed by atoms with Crippen molar-refractivity contribution in [3.05, 3.63) is 71.8 Å². The van der Waals surface area contributed by atoms with Gasteiger partial charge in [0, 0.05) is 29.4 Å². The van der Waals surface area contributed by atoms with Gasteiger partial charge in [-0.2, -0.15) is 0 Å². The molecule has 0 N–H and O–H groups in total. The highest BCUT2D eigenvalue weighted by atomic mass is 19.1. The Hall–Kier alpha value is -3.15. The van der Waals surface area contributed by atoms with E-state index in [0.717, 1.165) is 47.7 Å². The monoisotopic (exact) mass is 424 g/mol. The molecule has 2 aromatic carbocycles. The molecular weight excluding hydrogens is 395 g/mol. The third kappa shape index (κ3) is 6.41. The number of unbranched alkanes of at least 4 members (excludes halogenated alkanes) is 2.